The summed E-state index contributed by atoms with van der Waals surface area (Å²) in [6.07, 6.45) is 4.31. The number of amides is 1. The van der Waals surface area contributed by atoms with Crippen molar-refractivity contribution in [2.75, 3.05) is 6.54 Å². The molecule has 8 nitrogen and oxygen atoms in total. The minimum Gasteiger partial charge on any atom is -0.345 e. The zero-order valence-electron chi connectivity index (χ0n) is 14.7. The first kappa shape index (κ1) is 18.5. The van der Waals surface area contributed by atoms with Crippen LogP contribution in [0.25, 0.3) is 0 Å². The van der Waals surface area contributed by atoms with Gasteiger partial charge in [0, 0.05) is 25.1 Å². The number of carbonyl (C=O) groups is 1. The van der Waals surface area contributed by atoms with Crippen LogP contribution in [0.1, 0.15) is 48.2 Å². The molecule has 1 aliphatic heterocycles. The molecule has 0 bridgehead atoms. The lowest BCUT2D eigenvalue weighted by Crippen LogP contribution is -2.25. The first-order chi connectivity index (χ1) is 12.5. The lowest BCUT2D eigenvalue weighted by molar-refractivity contribution is 0.0949. The molecule has 9 heteroatoms. The number of sulfonamides is 1. The number of benzene rings is 1. The van der Waals surface area contributed by atoms with E-state index < -0.39 is 10.0 Å². The molecular formula is C17H23N5O3S. The molecule has 1 aliphatic rings. The number of aromatic nitrogens is 3. The molecule has 2 aromatic rings. The molecule has 1 amide bonds. The summed E-state index contributed by atoms with van der Waals surface area (Å²) in [5, 5.41) is 11.2. The molecule has 0 spiro atoms. The largest absolute Gasteiger partial charge is 0.345 e. The molecule has 140 valence electrons. The SMILES string of the molecule is CCNS(=O)(=O)c1ccc(C(=O)NCc2nnc3n2CCCCC3)cc1. The zero-order valence-corrected chi connectivity index (χ0v) is 15.6. The molecule has 0 atom stereocenters. The van der Waals surface area contributed by atoms with Gasteiger partial charge in [-0.25, -0.2) is 13.1 Å². The number of rotatable bonds is 6. The normalized spacial score (nSPS) is 14.5. The molecule has 0 saturated heterocycles. The summed E-state index contributed by atoms with van der Waals surface area (Å²) in [6, 6.07) is 5.86. The predicted molar refractivity (Wildman–Crippen MR) is 96.1 cm³/mol. The van der Waals surface area contributed by atoms with Crippen LogP contribution in [0.2, 0.25) is 0 Å². The van der Waals surface area contributed by atoms with Crippen LogP contribution < -0.4 is 10.0 Å². The lowest BCUT2D eigenvalue weighted by atomic mass is 10.2. The van der Waals surface area contributed by atoms with Crippen molar-refractivity contribution in [2.24, 2.45) is 0 Å². The van der Waals surface area contributed by atoms with Gasteiger partial charge in [0.1, 0.15) is 5.82 Å². The number of nitrogens with one attached hydrogen (secondary N) is 2. The Morgan fingerprint density at radius 2 is 1.92 bits per heavy atom. The second-order valence-corrected chi connectivity index (χ2v) is 7.97. The van der Waals surface area contributed by atoms with Crippen molar-refractivity contribution in [1.82, 2.24) is 24.8 Å². The lowest BCUT2D eigenvalue weighted by Gasteiger charge is -2.09. The van der Waals surface area contributed by atoms with Gasteiger partial charge in [0.2, 0.25) is 10.0 Å². The third kappa shape index (κ3) is 4.10. The van der Waals surface area contributed by atoms with Gasteiger partial charge in [0.05, 0.1) is 11.4 Å². The van der Waals surface area contributed by atoms with Gasteiger partial charge in [-0.3, -0.25) is 4.79 Å². The van der Waals surface area contributed by atoms with Gasteiger partial charge in [-0.1, -0.05) is 13.3 Å². The minimum atomic E-state index is -3.52. The van der Waals surface area contributed by atoms with E-state index in [1.807, 2.05) is 0 Å². The Morgan fingerprint density at radius 1 is 1.15 bits per heavy atom. The van der Waals surface area contributed by atoms with E-state index >= 15 is 0 Å². The van der Waals surface area contributed by atoms with Crippen LogP contribution >= 0.6 is 0 Å². The van der Waals surface area contributed by atoms with Crippen LogP contribution in [-0.4, -0.2) is 35.6 Å². The minimum absolute atomic E-state index is 0.138. The Kier molecular flexibility index (Phi) is 5.67. The third-order valence-electron chi connectivity index (χ3n) is 4.35. The standard InChI is InChI=1S/C17H23N5O3S/c1-2-19-26(24,25)14-9-7-13(8-10-14)17(23)18-12-16-21-20-15-6-4-3-5-11-22(15)16/h7-10,19H,2-6,11-12H2,1H3,(H,18,23). The van der Waals surface area contributed by atoms with Crippen LogP contribution in [0.3, 0.4) is 0 Å². The molecule has 0 unspecified atom stereocenters. The summed E-state index contributed by atoms with van der Waals surface area (Å²) in [5.41, 5.74) is 0.399. The van der Waals surface area contributed by atoms with Crippen molar-refractivity contribution < 1.29 is 13.2 Å². The molecular weight excluding hydrogens is 354 g/mol. The van der Waals surface area contributed by atoms with Crippen molar-refractivity contribution in [3.8, 4) is 0 Å². The highest BCUT2D eigenvalue weighted by Crippen LogP contribution is 2.15. The predicted octanol–water partition coefficient (Wildman–Crippen LogP) is 1.23. The van der Waals surface area contributed by atoms with Gasteiger partial charge in [0.25, 0.3) is 5.91 Å². The van der Waals surface area contributed by atoms with Crippen LogP contribution in [0.5, 0.6) is 0 Å². The Labute approximate surface area is 153 Å². The van der Waals surface area contributed by atoms with Crippen LogP contribution in [0.4, 0.5) is 0 Å². The van der Waals surface area contributed by atoms with Gasteiger partial charge < -0.3 is 9.88 Å². The Hall–Kier alpha value is -2.26. The molecule has 0 radical (unpaired) electrons. The van der Waals surface area contributed by atoms with Crippen molar-refractivity contribution in [3.63, 3.8) is 0 Å². The van der Waals surface area contributed by atoms with Crippen molar-refractivity contribution in [3.05, 3.63) is 41.5 Å². The van der Waals surface area contributed by atoms with E-state index in [2.05, 4.69) is 24.8 Å². The zero-order chi connectivity index (χ0) is 18.6. The molecule has 0 aliphatic carbocycles. The Bertz CT molecular complexity index is 874. The number of aryl methyl sites for hydroxylation is 1. The average molecular weight is 377 g/mol. The molecule has 2 heterocycles. The molecule has 1 aromatic heterocycles. The van der Waals surface area contributed by atoms with E-state index in [1.54, 1.807) is 6.92 Å². The molecule has 0 saturated carbocycles. The van der Waals surface area contributed by atoms with Gasteiger partial charge in [-0.15, -0.1) is 10.2 Å². The highest BCUT2D eigenvalue weighted by atomic mass is 32.2. The smallest absolute Gasteiger partial charge is 0.251 e. The average Bonchev–Trinajstić information content (AvgIpc) is 2.86. The quantitative estimate of drug-likeness (QED) is 0.788. The number of carbonyl (C=O) groups excluding carboxylic acids is 1. The van der Waals surface area contributed by atoms with Crippen molar-refractivity contribution >= 4 is 15.9 Å². The summed E-state index contributed by atoms with van der Waals surface area (Å²) < 4.78 is 28.4. The third-order valence-corrected chi connectivity index (χ3v) is 5.92. The maximum atomic E-state index is 12.3. The van der Waals surface area contributed by atoms with Crippen molar-refractivity contribution in [2.45, 2.75) is 50.6 Å². The van der Waals surface area contributed by atoms with E-state index in [0.29, 0.717) is 18.7 Å². The summed E-state index contributed by atoms with van der Waals surface area (Å²) >= 11 is 0. The van der Waals surface area contributed by atoms with Gasteiger partial charge >= 0.3 is 0 Å². The van der Waals surface area contributed by atoms with E-state index in [0.717, 1.165) is 37.5 Å². The maximum Gasteiger partial charge on any atom is 0.251 e. The van der Waals surface area contributed by atoms with Crippen molar-refractivity contribution in [1.29, 1.82) is 0 Å². The number of nitrogens with zero attached hydrogens (tertiary/aromatic N) is 3. The number of hydrogen-bond donors (Lipinski definition) is 2. The fourth-order valence-corrected chi connectivity index (χ4v) is 4.04. The van der Waals surface area contributed by atoms with E-state index in [-0.39, 0.29) is 10.8 Å². The van der Waals surface area contributed by atoms with E-state index in [9.17, 15) is 13.2 Å². The second-order valence-electron chi connectivity index (χ2n) is 6.20. The molecule has 1 aromatic carbocycles. The molecule has 0 fully saturated rings. The maximum absolute atomic E-state index is 12.3. The Morgan fingerprint density at radius 3 is 2.65 bits per heavy atom. The van der Waals surface area contributed by atoms with Gasteiger partial charge in [-0.2, -0.15) is 0 Å². The summed E-state index contributed by atoms with van der Waals surface area (Å²) in [5.74, 6) is 1.45. The number of hydrogen-bond acceptors (Lipinski definition) is 5. The first-order valence-electron chi connectivity index (χ1n) is 8.80. The molecule has 2 N–H and O–H groups in total. The van der Waals surface area contributed by atoms with Crippen LogP contribution in [0.15, 0.2) is 29.2 Å². The fourth-order valence-electron chi connectivity index (χ4n) is 3.00. The summed E-state index contributed by atoms with van der Waals surface area (Å²) in [6.45, 7) is 3.20. The van der Waals surface area contributed by atoms with E-state index in [1.165, 1.54) is 30.7 Å². The summed E-state index contributed by atoms with van der Waals surface area (Å²) in [4.78, 5) is 12.5. The monoisotopic (exact) mass is 377 g/mol. The fraction of sp³-hybridized carbons (Fsp3) is 0.471. The highest BCUT2D eigenvalue weighted by Gasteiger charge is 2.16. The second kappa shape index (κ2) is 7.96. The Balaban J connectivity index is 1.65. The van der Waals surface area contributed by atoms with Gasteiger partial charge in [-0.05, 0) is 37.1 Å². The number of fused-ring (bicyclic) bond motifs is 1. The molecule has 26 heavy (non-hydrogen) atoms. The van der Waals surface area contributed by atoms with Crippen LogP contribution in [-0.2, 0) is 29.5 Å². The topological polar surface area (TPSA) is 106 Å². The summed E-state index contributed by atoms with van der Waals surface area (Å²) in [7, 11) is -3.52. The van der Waals surface area contributed by atoms with E-state index in [4.69, 9.17) is 0 Å². The van der Waals surface area contributed by atoms with Crippen LogP contribution in [0, 0.1) is 0 Å². The van der Waals surface area contributed by atoms with Gasteiger partial charge in [0.15, 0.2) is 5.82 Å². The highest BCUT2D eigenvalue weighted by molar-refractivity contribution is 7.89. The first-order valence-corrected chi connectivity index (χ1v) is 10.3. The molecule has 3 rings (SSSR count).